The summed E-state index contributed by atoms with van der Waals surface area (Å²) in [6, 6.07) is 0. The number of hydrogen-bond acceptors (Lipinski definition) is 3. The second-order valence-corrected chi connectivity index (χ2v) is 5.51. The van der Waals surface area contributed by atoms with Gasteiger partial charge in [-0.15, -0.1) is 0 Å². The Morgan fingerprint density at radius 2 is 1.86 bits per heavy atom. The van der Waals surface area contributed by atoms with Gasteiger partial charge in [0.15, 0.2) is 0 Å². The lowest BCUT2D eigenvalue weighted by atomic mass is 10.4. The lowest BCUT2D eigenvalue weighted by Crippen LogP contribution is -2.25. The fourth-order valence-corrected chi connectivity index (χ4v) is 2.47. The van der Waals surface area contributed by atoms with Crippen molar-refractivity contribution in [3.8, 4) is 0 Å². The molecule has 0 unspecified atom stereocenters. The first-order valence-corrected chi connectivity index (χ1v) is 6.81. The topological polar surface area (TPSA) is 63.2 Å². The van der Waals surface area contributed by atoms with Crippen LogP contribution in [0.5, 0.6) is 0 Å². The zero-order valence-electron chi connectivity index (χ0n) is 8.88. The number of amides is 1. The molecule has 0 rings (SSSR count). The molecule has 5 heteroatoms. The molecular weight excluding hydrogens is 202 g/mol. The van der Waals surface area contributed by atoms with E-state index in [-0.39, 0.29) is 17.4 Å². The van der Waals surface area contributed by atoms with E-state index in [4.69, 9.17) is 0 Å². The Kier molecular flexibility index (Phi) is 6.53. The van der Waals surface area contributed by atoms with Gasteiger partial charge in [-0.05, 0) is 12.8 Å². The van der Waals surface area contributed by atoms with Gasteiger partial charge in [-0.1, -0.05) is 13.8 Å². The molecule has 0 aliphatic heterocycles. The molecule has 0 aliphatic rings. The predicted molar refractivity (Wildman–Crippen MR) is 56.9 cm³/mol. The van der Waals surface area contributed by atoms with E-state index < -0.39 is 9.84 Å². The highest BCUT2D eigenvalue weighted by molar-refractivity contribution is 7.91. The third kappa shape index (κ3) is 6.88. The molecular formula is C9H19NO3S. The fraction of sp³-hybridized carbons (Fsp3) is 0.889. The maximum absolute atomic E-state index is 11.2. The van der Waals surface area contributed by atoms with Gasteiger partial charge in [-0.25, -0.2) is 8.42 Å². The molecule has 0 radical (unpaired) electrons. The molecule has 0 fully saturated rings. The van der Waals surface area contributed by atoms with Crippen molar-refractivity contribution in [1.29, 1.82) is 0 Å². The van der Waals surface area contributed by atoms with Crippen LogP contribution >= 0.6 is 0 Å². The van der Waals surface area contributed by atoms with E-state index in [1.807, 2.05) is 6.92 Å². The highest BCUT2D eigenvalue weighted by atomic mass is 32.2. The Balaban J connectivity index is 3.59. The molecule has 0 aromatic rings. The van der Waals surface area contributed by atoms with Crippen LogP contribution in [0.25, 0.3) is 0 Å². The van der Waals surface area contributed by atoms with E-state index in [9.17, 15) is 13.2 Å². The first kappa shape index (κ1) is 13.4. The molecule has 0 aromatic heterocycles. The van der Waals surface area contributed by atoms with Crippen LogP contribution in [0, 0.1) is 0 Å². The molecule has 0 heterocycles. The molecule has 0 saturated carbocycles. The van der Waals surface area contributed by atoms with Crippen LogP contribution in [0.4, 0.5) is 0 Å². The lowest BCUT2D eigenvalue weighted by Gasteiger charge is -2.04. The molecule has 0 atom stereocenters. The molecule has 4 nitrogen and oxygen atoms in total. The summed E-state index contributed by atoms with van der Waals surface area (Å²) in [5, 5.41) is 2.64. The summed E-state index contributed by atoms with van der Waals surface area (Å²) in [5.41, 5.74) is 0. The second-order valence-electron chi connectivity index (χ2n) is 3.21. The zero-order valence-corrected chi connectivity index (χ0v) is 9.69. The van der Waals surface area contributed by atoms with Crippen molar-refractivity contribution in [2.24, 2.45) is 0 Å². The molecule has 0 aliphatic carbocycles. The summed E-state index contributed by atoms with van der Waals surface area (Å²) in [4.78, 5) is 10.8. The number of carbonyl (C=O) groups is 1. The fourth-order valence-electron chi connectivity index (χ4n) is 1.06. The molecule has 1 amide bonds. The number of carbonyl (C=O) groups excluding carboxylic acids is 1. The van der Waals surface area contributed by atoms with Crippen molar-refractivity contribution < 1.29 is 13.2 Å². The second kappa shape index (κ2) is 6.81. The standard InChI is InChI=1S/C9H19NO3S/c1-3-7-14(12,13)8-5-6-10-9(11)4-2/h3-8H2,1-2H3,(H,10,11). The maximum Gasteiger partial charge on any atom is 0.219 e. The Hall–Kier alpha value is -0.580. The minimum absolute atomic E-state index is 0.0297. The molecule has 0 bridgehead atoms. The average molecular weight is 221 g/mol. The number of sulfone groups is 1. The number of hydrogen-bond donors (Lipinski definition) is 1. The van der Waals surface area contributed by atoms with Gasteiger partial charge in [0.25, 0.3) is 0 Å². The van der Waals surface area contributed by atoms with Crippen LogP contribution in [-0.4, -0.2) is 32.4 Å². The highest BCUT2D eigenvalue weighted by Crippen LogP contribution is 1.95. The first-order valence-electron chi connectivity index (χ1n) is 4.99. The van der Waals surface area contributed by atoms with E-state index in [1.54, 1.807) is 6.92 Å². The van der Waals surface area contributed by atoms with E-state index in [1.165, 1.54) is 0 Å². The first-order chi connectivity index (χ1) is 6.52. The summed E-state index contributed by atoms with van der Waals surface area (Å²) in [7, 11) is -2.89. The molecule has 0 aromatic carbocycles. The third-order valence-electron chi connectivity index (χ3n) is 1.79. The minimum Gasteiger partial charge on any atom is -0.356 e. The summed E-state index contributed by atoms with van der Waals surface area (Å²) < 4.78 is 22.5. The van der Waals surface area contributed by atoms with Crippen LogP contribution in [0.15, 0.2) is 0 Å². The van der Waals surface area contributed by atoms with Crippen molar-refractivity contribution in [3.05, 3.63) is 0 Å². The van der Waals surface area contributed by atoms with E-state index >= 15 is 0 Å². The molecule has 84 valence electrons. The average Bonchev–Trinajstić information content (AvgIpc) is 2.12. The van der Waals surface area contributed by atoms with Crippen molar-refractivity contribution in [2.45, 2.75) is 33.1 Å². The normalized spacial score (nSPS) is 11.3. The van der Waals surface area contributed by atoms with Crippen LogP contribution < -0.4 is 5.32 Å². The van der Waals surface area contributed by atoms with Gasteiger partial charge in [-0.3, -0.25) is 4.79 Å². The Morgan fingerprint density at radius 3 is 2.36 bits per heavy atom. The van der Waals surface area contributed by atoms with Gasteiger partial charge in [0, 0.05) is 18.7 Å². The van der Waals surface area contributed by atoms with Gasteiger partial charge < -0.3 is 5.32 Å². The number of rotatable bonds is 7. The minimum atomic E-state index is -2.89. The predicted octanol–water partition coefficient (Wildman–Crippen LogP) is 0.728. The smallest absolute Gasteiger partial charge is 0.219 e. The maximum atomic E-state index is 11.2. The van der Waals surface area contributed by atoms with Crippen LogP contribution in [0.1, 0.15) is 33.1 Å². The largest absolute Gasteiger partial charge is 0.356 e. The van der Waals surface area contributed by atoms with Gasteiger partial charge >= 0.3 is 0 Å². The van der Waals surface area contributed by atoms with Crippen molar-refractivity contribution >= 4 is 15.7 Å². The van der Waals surface area contributed by atoms with Crippen LogP contribution in [-0.2, 0) is 14.6 Å². The van der Waals surface area contributed by atoms with Gasteiger partial charge in [0.2, 0.25) is 5.91 Å². The van der Waals surface area contributed by atoms with Crippen LogP contribution in [0.2, 0.25) is 0 Å². The Labute approximate surface area is 86.0 Å². The van der Waals surface area contributed by atoms with E-state index in [0.29, 0.717) is 25.8 Å². The molecule has 0 saturated heterocycles. The Bertz CT molecular complexity index is 259. The van der Waals surface area contributed by atoms with Gasteiger partial charge in [0.05, 0.1) is 5.75 Å². The number of nitrogens with one attached hydrogen (secondary N) is 1. The van der Waals surface area contributed by atoms with E-state index in [0.717, 1.165) is 0 Å². The summed E-state index contributed by atoms with van der Waals surface area (Å²) in [6.07, 6.45) is 1.61. The summed E-state index contributed by atoms with van der Waals surface area (Å²) >= 11 is 0. The SMILES string of the molecule is CCCS(=O)(=O)CCCNC(=O)CC. The monoisotopic (exact) mass is 221 g/mol. The van der Waals surface area contributed by atoms with E-state index in [2.05, 4.69) is 5.32 Å². The van der Waals surface area contributed by atoms with Gasteiger partial charge in [0.1, 0.15) is 9.84 Å². The highest BCUT2D eigenvalue weighted by Gasteiger charge is 2.08. The lowest BCUT2D eigenvalue weighted by molar-refractivity contribution is -0.120. The quantitative estimate of drug-likeness (QED) is 0.645. The van der Waals surface area contributed by atoms with Crippen molar-refractivity contribution in [2.75, 3.05) is 18.1 Å². The molecule has 1 N–H and O–H groups in total. The summed E-state index contributed by atoms with van der Waals surface area (Å²) in [6.45, 7) is 4.06. The third-order valence-corrected chi connectivity index (χ3v) is 3.73. The molecule has 0 spiro atoms. The zero-order chi connectivity index (χ0) is 11.0. The Morgan fingerprint density at radius 1 is 1.21 bits per heavy atom. The molecule has 14 heavy (non-hydrogen) atoms. The van der Waals surface area contributed by atoms with Crippen molar-refractivity contribution in [1.82, 2.24) is 5.32 Å². The van der Waals surface area contributed by atoms with Crippen molar-refractivity contribution in [3.63, 3.8) is 0 Å². The van der Waals surface area contributed by atoms with Gasteiger partial charge in [-0.2, -0.15) is 0 Å². The van der Waals surface area contributed by atoms with Crippen LogP contribution in [0.3, 0.4) is 0 Å². The summed E-state index contributed by atoms with van der Waals surface area (Å²) in [5.74, 6) is 0.386.